The molecule has 0 saturated heterocycles. The average molecular weight is 471 g/mol. The van der Waals surface area contributed by atoms with Gasteiger partial charge in [0.15, 0.2) is 0 Å². The molecule has 178 valence electrons. The maximum absolute atomic E-state index is 13.0. The van der Waals surface area contributed by atoms with Gasteiger partial charge in [-0.1, -0.05) is 34.1 Å². The van der Waals surface area contributed by atoms with E-state index in [9.17, 15) is 14.7 Å². The molecule has 2 aromatic heterocycles. The van der Waals surface area contributed by atoms with Crippen molar-refractivity contribution in [3.05, 3.63) is 46.2 Å². The molecule has 0 spiro atoms. The number of carbonyl (C=O) groups excluding carboxylic acids is 1. The molecule has 0 aliphatic heterocycles. The fraction of sp³-hybridized carbons (Fsp3) is 0.520. The fourth-order valence-electron chi connectivity index (χ4n) is 4.29. The van der Waals surface area contributed by atoms with Crippen LogP contribution in [0.25, 0.3) is 11.0 Å². The number of aliphatic carboxylic acids is 1. The van der Waals surface area contributed by atoms with E-state index in [-0.39, 0.29) is 12.3 Å². The van der Waals surface area contributed by atoms with E-state index in [0.29, 0.717) is 30.4 Å². The minimum absolute atomic E-state index is 0.0839. The highest BCUT2D eigenvalue weighted by Gasteiger charge is 2.22. The summed E-state index contributed by atoms with van der Waals surface area (Å²) in [7, 11) is 0. The Hall–Kier alpha value is -2.74. The number of aromatic nitrogens is 3. The molecule has 1 amide bonds. The minimum Gasteiger partial charge on any atom is -0.481 e. The number of hydrogen-bond acceptors (Lipinski definition) is 5. The zero-order valence-electron chi connectivity index (χ0n) is 19.9. The summed E-state index contributed by atoms with van der Waals surface area (Å²) in [5.74, 6) is 0.114. The molecular weight excluding hydrogens is 436 g/mol. The van der Waals surface area contributed by atoms with E-state index in [2.05, 4.69) is 42.6 Å². The number of nitrogens with zero attached hydrogens (tertiary/aromatic N) is 3. The Morgan fingerprint density at radius 2 is 1.94 bits per heavy atom. The van der Waals surface area contributed by atoms with E-state index < -0.39 is 12.0 Å². The lowest BCUT2D eigenvalue weighted by molar-refractivity contribution is -0.137. The van der Waals surface area contributed by atoms with Gasteiger partial charge in [0.1, 0.15) is 5.82 Å². The zero-order valence-corrected chi connectivity index (χ0v) is 20.7. The first-order valence-corrected chi connectivity index (χ1v) is 12.7. The molecule has 0 bridgehead atoms. The van der Waals surface area contributed by atoms with E-state index >= 15 is 0 Å². The van der Waals surface area contributed by atoms with E-state index in [0.717, 1.165) is 41.8 Å². The number of imidazole rings is 1. The summed E-state index contributed by atoms with van der Waals surface area (Å²) in [4.78, 5) is 33.6. The van der Waals surface area contributed by atoms with E-state index in [1.54, 1.807) is 11.3 Å². The molecule has 0 radical (unpaired) electrons. The van der Waals surface area contributed by atoms with Gasteiger partial charge >= 0.3 is 5.97 Å². The maximum Gasteiger partial charge on any atom is 0.305 e. The van der Waals surface area contributed by atoms with Crippen LogP contribution < -0.4 is 5.32 Å². The smallest absolute Gasteiger partial charge is 0.305 e. The number of carboxylic acid groups (broad SMARTS) is 1. The number of hydrogen-bond donors (Lipinski definition) is 2. The van der Waals surface area contributed by atoms with Gasteiger partial charge in [0, 0.05) is 29.4 Å². The molecule has 0 aliphatic rings. The van der Waals surface area contributed by atoms with Gasteiger partial charge in [0.2, 0.25) is 0 Å². The van der Waals surface area contributed by atoms with Gasteiger partial charge < -0.3 is 15.0 Å². The van der Waals surface area contributed by atoms with E-state index in [4.69, 9.17) is 4.98 Å². The Labute approximate surface area is 199 Å². The van der Waals surface area contributed by atoms with Crippen LogP contribution in [-0.2, 0) is 11.2 Å². The Balaban J connectivity index is 1.91. The highest BCUT2D eigenvalue weighted by atomic mass is 32.1. The number of amides is 1. The largest absolute Gasteiger partial charge is 0.481 e. The highest BCUT2D eigenvalue weighted by Crippen LogP contribution is 2.28. The lowest BCUT2D eigenvalue weighted by Crippen LogP contribution is -2.37. The summed E-state index contributed by atoms with van der Waals surface area (Å²) < 4.78 is 2.28. The number of rotatable bonds is 12. The monoisotopic (exact) mass is 470 g/mol. The van der Waals surface area contributed by atoms with E-state index in [1.165, 1.54) is 0 Å². The van der Waals surface area contributed by atoms with Gasteiger partial charge in [-0.2, -0.15) is 0 Å². The van der Waals surface area contributed by atoms with Crippen molar-refractivity contribution in [2.75, 3.05) is 0 Å². The van der Waals surface area contributed by atoms with E-state index in [1.807, 2.05) is 29.1 Å². The molecule has 33 heavy (non-hydrogen) atoms. The predicted octanol–water partition coefficient (Wildman–Crippen LogP) is 5.45. The van der Waals surface area contributed by atoms with Gasteiger partial charge in [-0.3, -0.25) is 9.59 Å². The summed E-state index contributed by atoms with van der Waals surface area (Å²) in [6.07, 6.45) is 4.11. The topological polar surface area (TPSA) is 97.1 Å². The van der Waals surface area contributed by atoms with Crippen molar-refractivity contribution in [1.29, 1.82) is 0 Å². The number of carbonyl (C=O) groups is 2. The second-order valence-electron chi connectivity index (χ2n) is 8.75. The van der Waals surface area contributed by atoms with Crippen molar-refractivity contribution in [3.8, 4) is 0 Å². The minimum atomic E-state index is -0.908. The van der Waals surface area contributed by atoms with Gasteiger partial charge in [0.05, 0.1) is 28.7 Å². The molecule has 8 heteroatoms. The molecule has 3 aromatic rings. The van der Waals surface area contributed by atoms with Crippen LogP contribution in [0.2, 0.25) is 0 Å². The quantitative estimate of drug-likeness (QED) is 0.367. The highest BCUT2D eigenvalue weighted by molar-refractivity contribution is 7.07. The predicted molar refractivity (Wildman–Crippen MR) is 132 cm³/mol. The summed E-state index contributed by atoms with van der Waals surface area (Å²) in [5.41, 5.74) is 5.09. The number of nitrogens with one attached hydrogen (secondary N) is 1. The van der Waals surface area contributed by atoms with Crippen LogP contribution in [0.15, 0.2) is 29.1 Å². The Bertz CT molecular complexity index is 1070. The molecule has 2 heterocycles. The number of thiazole rings is 1. The maximum atomic E-state index is 13.0. The first-order chi connectivity index (χ1) is 15.9. The van der Waals surface area contributed by atoms with Gasteiger partial charge in [-0.25, -0.2) is 9.97 Å². The van der Waals surface area contributed by atoms with Crippen LogP contribution in [0.3, 0.4) is 0 Å². The summed E-state index contributed by atoms with van der Waals surface area (Å²) in [6.45, 7) is 8.49. The lowest BCUT2D eigenvalue weighted by Gasteiger charge is -2.20. The van der Waals surface area contributed by atoms with Crippen molar-refractivity contribution in [3.63, 3.8) is 0 Å². The van der Waals surface area contributed by atoms with Crippen LogP contribution in [0.1, 0.15) is 87.7 Å². The molecule has 0 saturated carbocycles. The lowest BCUT2D eigenvalue weighted by atomic mass is 9.97. The molecule has 7 nitrogen and oxygen atoms in total. The van der Waals surface area contributed by atoms with Crippen molar-refractivity contribution >= 4 is 34.2 Å². The molecular formula is C25H34N4O3S. The average Bonchev–Trinajstić information content (AvgIpc) is 3.42. The summed E-state index contributed by atoms with van der Waals surface area (Å²) in [6, 6.07) is 5.50. The van der Waals surface area contributed by atoms with Crippen molar-refractivity contribution in [1.82, 2.24) is 19.9 Å². The Morgan fingerprint density at radius 3 is 2.55 bits per heavy atom. The first-order valence-electron chi connectivity index (χ1n) is 11.8. The molecule has 0 aliphatic carbocycles. The zero-order chi connectivity index (χ0) is 24.0. The number of fused-ring (bicyclic) bond motifs is 1. The third kappa shape index (κ3) is 6.19. The van der Waals surface area contributed by atoms with Crippen LogP contribution in [0.4, 0.5) is 0 Å². The summed E-state index contributed by atoms with van der Waals surface area (Å²) >= 11 is 1.57. The third-order valence-electron chi connectivity index (χ3n) is 6.30. The Kier molecular flexibility index (Phi) is 8.61. The molecule has 1 aromatic carbocycles. The van der Waals surface area contributed by atoms with Crippen molar-refractivity contribution in [2.45, 2.75) is 78.3 Å². The van der Waals surface area contributed by atoms with Gasteiger partial charge in [0.25, 0.3) is 5.91 Å². The number of carboxylic acids is 1. The van der Waals surface area contributed by atoms with Crippen LogP contribution in [0.5, 0.6) is 0 Å². The molecule has 2 N–H and O–H groups in total. The van der Waals surface area contributed by atoms with Crippen molar-refractivity contribution < 1.29 is 14.7 Å². The van der Waals surface area contributed by atoms with Crippen LogP contribution in [0, 0.1) is 5.92 Å². The van der Waals surface area contributed by atoms with Gasteiger partial charge in [-0.15, -0.1) is 11.3 Å². The molecule has 2 atom stereocenters. The number of benzene rings is 1. The summed E-state index contributed by atoms with van der Waals surface area (Å²) in [5, 5.41) is 14.2. The second kappa shape index (κ2) is 11.4. The first kappa shape index (κ1) is 24.9. The Morgan fingerprint density at radius 1 is 1.18 bits per heavy atom. The third-order valence-corrected chi connectivity index (χ3v) is 6.93. The molecule has 3 rings (SSSR count). The SMILES string of the molecule is CCC(C)C[C@@H](CC(=O)O)NC(=O)c1ccc2c(c1)nc(Cc1cscn1)n2C(CC)CC. The fourth-order valence-corrected chi connectivity index (χ4v) is 4.85. The normalized spacial score (nSPS) is 13.4. The second-order valence-corrected chi connectivity index (χ2v) is 9.46. The molecule has 1 unspecified atom stereocenters. The van der Waals surface area contributed by atoms with Crippen molar-refractivity contribution in [2.24, 2.45) is 5.92 Å². The van der Waals surface area contributed by atoms with Crippen LogP contribution in [-0.4, -0.2) is 37.6 Å². The molecule has 0 fully saturated rings. The van der Waals surface area contributed by atoms with Crippen LogP contribution >= 0.6 is 11.3 Å². The standard InChI is InChI=1S/C25H34N4O3S/c1-5-16(4)10-18(13-24(30)31)27-25(32)17-8-9-22-21(11-17)28-23(12-19-14-33-15-26-19)29(22)20(6-2)7-3/h8-9,11,14-16,18,20H,5-7,10,12-13H2,1-4H3,(H,27,32)(H,30,31)/t16?,18-/m0/s1. The van der Waals surface area contributed by atoms with Gasteiger partial charge in [-0.05, 0) is 43.4 Å².